The summed E-state index contributed by atoms with van der Waals surface area (Å²) < 4.78 is 29.7. The van der Waals surface area contributed by atoms with E-state index >= 15 is 0 Å². The van der Waals surface area contributed by atoms with Crippen LogP contribution in [-0.2, 0) is 18.6 Å². The molecule has 0 spiro atoms. The van der Waals surface area contributed by atoms with Crippen molar-refractivity contribution in [2.45, 2.75) is 154 Å². The van der Waals surface area contributed by atoms with Gasteiger partial charge in [0.2, 0.25) is 0 Å². The second-order valence-corrected chi connectivity index (χ2v) is 14.5. The van der Waals surface area contributed by atoms with Gasteiger partial charge in [-0.25, -0.2) is 0 Å². The van der Waals surface area contributed by atoms with Crippen LogP contribution in [0.15, 0.2) is 12.2 Å². The van der Waals surface area contributed by atoms with Crippen molar-refractivity contribution in [3.63, 3.8) is 0 Å². The highest BCUT2D eigenvalue weighted by Gasteiger charge is 2.41. The molecule has 0 radical (unpaired) electrons. The number of hydrogen-bond acceptors (Lipinski definition) is 4. The summed E-state index contributed by atoms with van der Waals surface area (Å²) in [6.07, 6.45) is 30.4. The van der Waals surface area contributed by atoms with Crippen molar-refractivity contribution in [2.24, 2.45) is 0 Å². The summed E-state index contributed by atoms with van der Waals surface area (Å²) in [5.74, 6) is -0.457. The number of methoxy groups -OCH3 is 1. The fourth-order valence-electron chi connectivity index (χ4n) is 5.23. The number of unbranched alkanes of at least 4 members (excludes halogenated alkanes) is 17. The SMILES string of the molecule is CCCCCCCCCCCC/C=C\CCCCCCCCCOC[C@H](COP(=O)(O)C(CC)[N+](C)(C)C)OC. The second-order valence-electron chi connectivity index (χ2n) is 12.5. The molecule has 0 aromatic rings. The van der Waals surface area contributed by atoms with Gasteiger partial charge in [-0.1, -0.05) is 116 Å². The van der Waals surface area contributed by atoms with E-state index in [1.165, 1.54) is 116 Å². The molecule has 0 saturated heterocycles. The highest BCUT2D eigenvalue weighted by Crippen LogP contribution is 2.51. The molecule has 0 aliphatic rings. The molecule has 0 heterocycles. The zero-order valence-electron chi connectivity index (χ0n) is 27.5. The van der Waals surface area contributed by atoms with Crippen molar-refractivity contribution in [3.8, 4) is 0 Å². The molecule has 240 valence electrons. The molecular formula is C33H69NO5P+. The molecule has 0 saturated carbocycles. The van der Waals surface area contributed by atoms with Gasteiger partial charge in [-0.05, 0) is 32.1 Å². The Hall–Kier alpha value is -0.230. The van der Waals surface area contributed by atoms with Crippen LogP contribution in [0.1, 0.15) is 142 Å². The van der Waals surface area contributed by atoms with Crippen molar-refractivity contribution in [3.05, 3.63) is 12.2 Å². The minimum absolute atomic E-state index is 0.0648. The van der Waals surface area contributed by atoms with Crippen LogP contribution < -0.4 is 0 Å². The molecule has 3 atom stereocenters. The fourth-order valence-corrected chi connectivity index (χ4v) is 7.12. The molecule has 0 aliphatic heterocycles. The first-order chi connectivity index (χ1) is 19.2. The zero-order valence-corrected chi connectivity index (χ0v) is 28.4. The van der Waals surface area contributed by atoms with Crippen LogP contribution in [0, 0.1) is 0 Å². The third-order valence-electron chi connectivity index (χ3n) is 7.77. The lowest BCUT2D eigenvalue weighted by Gasteiger charge is -2.35. The van der Waals surface area contributed by atoms with Gasteiger partial charge >= 0.3 is 7.60 Å². The summed E-state index contributed by atoms with van der Waals surface area (Å²) in [6.45, 7) is 5.33. The van der Waals surface area contributed by atoms with Gasteiger partial charge < -0.3 is 23.4 Å². The lowest BCUT2D eigenvalue weighted by atomic mass is 10.1. The first-order valence-electron chi connectivity index (χ1n) is 16.7. The molecule has 40 heavy (non-hydrogen) atoms. The number of nitrogens with zero attached hydrogens (tertiary/aromatic N) is 1. The van der Waals surface area contributed by atoms with Crippen molar-refractivity contribution in [2.75, 3.05) is 48.1 Å². The number of allylic oxidation sites excluding steroid dienone is 2. The molecule has 0 aromatic carbocycles. The Morgan fingerprint density at radius 3 is 1.57 bits per heavy atom. The van der Waals surface area contributed by atoms with Crippen LogP contribution in [0.3, 0.4) is 0 Å². The first-order valence-corrected chi connectivity index (χ1v) is 18.4. The monoisotopic (exact) mass is 590 g/mol. The van der Waals surface area contributed by atoms with E-state index in [1.807, 2.05) is 28.1 Å². The molecule has 0 bridgehead atoms. The van der Waals surface area contributed by atoms with Gasteiger partial charge in [0.15, 0.2) is 5.78 Å². The molecule has 0 amide bonds. The van der Waals surface area contributed by atoms with Gasteiger partial charge in [0.25, 0.3) is 0 Å². The summed E-state index contributed by atoms with van der Waals surface area (Å²) in [6, 6.07) is 0. The van der Waals surface area contributed by atoms with E-state index in [9.17, 15) is 9.46 Å². The van der Waals surface area contributed by atoms with E-state index in [0.717, 1.165) is 6.42 Å². The Bertz CT molecular complexity index is 622. The van der Waals surface area contributed by atoms with Crippen LogP contribution in [0.4, 0.5) is 0 Å². The van der Waals surface area contributed by atoms with Crippen LogP contribution in [-0.4, -0.2) is 69.3 Å². The van der Waals surface area contributed by atoms with Gasteiger partial charge in [0, 0.05) is 20.1 Å². The predicted octanol–water partition coefficient (Wildman–Crippen LogP) is 9.65. The van der Waals surface area contributed by atoms with E-state index in [-0.39, 0.29) is 12.7 Å². The average Bonchev–Trinajstić information content (AvgIpc) is 2.90. The van der Waals surface area contributed by atoms with Gasteiger partial charge in [-0.2, -0.15) is 0 Å². The predicted molar refractivity (Wildman–Crippen MR) is 172 cm³/mol. The molecule has 2 unspecified atom stereocenters. The molecule has 6 nitrogen and oxygen atoms in total. The minimum Gasteiger partial charge on any atom is -0.379 e. The van der Waals surface area contributed by atoms with Crippen molar-refractivity contribution < 1.29 is 27.9 Å². The highest BCUT2D eigenvalue weighted by atomic mass is 31.2. The highest BCUT2D eigenvalue weighted by molar-refractivity contribution is 7.53. The maximum atomic E-state index is 12.7. The van der Waals surface area contributed by atoms with Crippen LogP contribution >= 0.6 is 7.60 Å². The van der Waals surface area contributed by atoms with E-state index in [2.05, 4.69) is 19.1 Å². The molecule has 0 aliphatic carbocycles. The average molecular weight is 591 g/mol. The van der Waals surface area contributed by atoms with Crippen LogP contribution in [0.2, 0.25) is 0 Å². The van der Waals surface area contributed by atoms with Crippen molar-refractivity contribution in [1.29, 1.82) is 0 Å². The minimum atomic E-state index is -3.74. The zero-order chi connectivity index (χ0) is 30.0. The number of ether oxygens (including phenoxy) is 2. The Kier molecular flexibility index (Phi) is 26.2. The van der Waals surface area contributed by atoms with Gasteiger partial charge in [-0.3, -0.25) is 4.57 Å². The fraction of sp³-hybridized carbons (Fsp3) is 0.939. The van der Waals surface area contributed by atoms with Crippen molar-refractivity contribution >= 4 is 7.60 Å². The number of rotatable bonds is 30. The number of hydrogen-bond donors (Lipinski definition) is 1. The van der Waals surface area contributed by atoms with Gasteiger partial charge in [-0.15, -0.1) is 0 Å². The maximum Gasteiger partial charge on any atom is 0.385 e. The summed E-state index contributed by atoms with van der Waals surface area (Å²) in [7, 11) is 3.58. The van der Waals surface area contributed by atoms with Gasteiger partial charge in [0.1, 0.15) is 6.10 Å². The normalized spacial score (nSPS) is 15.5. The summed E-state index contributed by atoms with van der Waals surface area (Å²) in [5, 5.41) is 0. The van der Waals surface area contributed by atoms with E-state index in [4.69, 9.17) is 14.0 Å². The third kappa shape index (κ3) is 23.3. The Labute approximate surface area is 249 Å². The largest absolute Gasteiger partial charge is 0.385 e. The lowest BCUT2D eigenvalue weighted by Crippen LogP contribution is -2.45. The summed E-state index contributed by atoms with van der Waals surface area (Å²) in [4.78, 5) is 10.4. The Morgan fingerprint density at radius 1 is 0.700 bits per heavy atom. The second kappa shape index (κ2) is 26.4. The lowest BCUT2D eigenvalue weighted by molar-refractivity contribution is -0.883. The molecule has 7 heteroatoms. The standard InChI is InChI=1S/C33H68NO5P/c1-7-9-10-11-12-13-14-15-16-17-18-19-20-21-22-23-24-25-26-27-28-29-38-30-32(37-6)31-39-40(35,36)33(8-2)34(3,4)5/h19-20,32-33H,7-18,21-31H2,1-6H3/p+1/b20-19-/t32-,33?/m1/s1. The summed E-state index contributed by atoms with van der Waals surface area (Å²) >= 11 is 0. The molecule has 1 N–H and O–H groups in total. The van der Waals surface area contributed by atoms with Crippen LogP contribution in [0.25, 0.3) is 0 Å². The topological polar surface area (TPSA) is 65.0 Å². The molecule has 0 rings (SSSR count). The Balaban J connectivity index is 3.56. The van der Waals surface area contributed by atoms with Crippen LogP contribution in [0.5, 0.6) is 0 Å². The van der Waals surface area contributed by atoms with E-state index in [1.54, 1.807) is 7.11 Å². The quantitative estimate of drug-likeness (QED) is 0.0390. The number of quaternary nitrogens is 1. The smallest absolute Gasteiger partial charge is 0.379 e. The molecule has 0 fully saturated rings. The summed E-state index contributed by atoms with van der Waals surface area (Å²) in [5.41, 5.74) is 0. The third-order valence-corrected chi connectivity index (χ3v) is 10.1. The van der Waals surface area contributed by atoms with Gasteiger partial charge in [0.05, 0.1) is 34.4 Å². The molecule has 0 aromatic heterocycles. The van der Waals surface area contributed by atoms with E-state index < -0.39 is 13.4 Å². The van der Waals surface area contributed by atoms with E-state index in [0.29, 0.717) is 24.1 Å². The Morgan fingerprint density at radius 2 is 1.15 bits per heavy atom. The molecular weight excluding hydrogens is 521 g/mol. The maximum absolute atomic E-state index is 12.7. The first kappa shape index (κ1) is 39.8. The van der Waals surface area contributed by atoms with Crippen molar-refractivity contribution in [1.82, 2.24) is 0 Å².